The molecule has 25 heavy (non-hydrogen) atoms. The quantitative estimate of drug-likeness (QED) is 0.526. The molecule has 0 fully saturated rings. The summed E-state index contributed by atoms with van der Waals surface area (Å²) in [6.45, 7) is 0.243. The van der Waals surface area contributed by atoms with E-state index in [1.807, 2.05) is 0 Å². The lowest BCUT2D eigenvalue weighted by atomic mass is 10.1. The molecule has 0 radical (unpaired) electrons. The number of hydrogen-bond acceptors (Lipinski definition) is 5. The number of nitrogens with zero attached hydrogens (tertiary/aromatic N) is 1. The van der Waals surface area contributed by atoms with Crippen molar-refractivity contribution in [2.75, 3.05) is 7.11 Å². The van der Waals surface area contributed by atoms with E-state index >= 15 is 0 Å². The van der Waals surface area contributed by atoms with Gasteiger partial charge in [0.05, 0.1) is 11.6 Å². The zero-order valence-electron chi connectivity index (χ0n) is 13.3. The van der Waals surface area contributed by atoms with Crippen LogP contribution in [-0.2, 0) is 11.3 Å². The van der Waals surface area contributed by atoms with E-state index in [9.17, 15) is 20.3 Å². The van der Waals surface area contributed by atoms with Crippen LogP contribution in [0, 0.1) is 11.3 Å². The summed E-state index contributed by atoms with van der Waals surface area (Å²) in [5.41, 5.74) is 0.920. The van der Waals surface area contributed by atoms with Crippen LogP contribution in [0.3, 0.4) is 0 Å². The van der Waals surface area contributed by atoms with Gasteiger partial charge >= 0.3 is 0 Å². The Morgan fingerprint density at radius 3 is 2.56 bits per heavy atom. The molecule has 2 rings (SSSR count). The fraction of sp³-hybridized carbons (Fsp3) is 0.111. The number of hydrogen-bond donors (Lipinski definition) is 3. The number of methoxy groups -OCH3 is 1. The summed E-state index contributed by atoms with van der Waals surface area (Å²) in [5.74, 6) is -0.239. The topological polar surface area (TPSA) is 103 Å². The third kappa shape index (κ3) is 4.75. The van der Waals surface area contributed by atoms with Crippen molar-refractivity contribution in [3.8, 4) is 23.3 Å². The average molecular weight is 403 g/mol. The van der Waals surface area contributed by atoms with Gasteiger partial charge in [-0.05, 0) is 45.8 Å². The van der Waals surface area contributed by atoms with E-state index in [0.29, 0.717) is 10.2 Å². The number of rotatable bonds is 5. The predicted molar refractivity (Wildman–Crippen MR) is 95.9 cm³/mol. The number of benzene rings is 2. The number of amides is 1. The summed E-state index contributed by atoms with van der Waals surface area (Å²) < 4.78 is 5.40. The second-order valence-corrected chi connectivity index (χ2v) is 5.92. The minimum atomic E-state index is -0.568. The molecule has 0 aliphatic heterocycles. The van der Waals surface area contributed by atoms with E-state index in [1.165, 1.54) is 12.1 Å². The van der Waals surface area contributed by atoms with Gasteiger partial charge in [0.15, 0.2) is 0 Å². The highest BCUT2D eigenvalue weighted by Crippen LogP contribution is 2.32. The average Bonchev–Trinajstić information content (AvgIpc) is 2.62. The van der Waals surface area contributed by atoms with Crippen molar-refractivity contribution < 1.29 is 19.7 Å². The van der Waals surface area contributed by atoms with E-state index in [2.05, 4.69) is 21.2 Å². The summed E-state index contributed by atoms with van der Waals surface area (Å²) >= 11 is 3.12. The largest absolute Gasteiger partial charge is 0.507 e. The number of halogens is 1. The Hall–Kier alpha value is -2.98. The molecule has 2 aromatic carbocycles. The fourth-order valence-corrected chi connectivity index (χ4v) is 2.37. The van der Waals surface area contributed by atoms with Gasteiger partial charge < -0.3 is 20.3 Å². The molecule has 7 heteroatoms. The van der Waals surface area contributed by atoms with Crippen molar-refractivity contribution in [3.05, 3.63) is 57.6 Å². The fourth-order valence-electron chi connectivity index (χ4n) is 2.01. The van der Waals surface area contributed by atoms with E-state index in [-0.39, 0.29) is 29.2 Å². The van der Waals surface area contributed by atoms with Crippen molar-refractivity contribution in [1.29, 1.82) is 5.26 Å². The van der Waals surface area contributed by atoms with Gasteiger partial charge in [0.25, 0.3) is 5.91 Å². The maximum absolute atomic E-state index is 12.2. The number of nitrogens with one attached hydrogen (secondary N) is 1. The van der Waals surface area contributed by atoms with Crippen LogP contribution in [0.4, 0.5) is 0 Å². The second-order valence-electron chi connectivity index (χ2n) is 5.06. The number of nitriles is 1. The van der Waals surface area contributed by atoms with Gasteiger partial charge in [0, 0.05) is 18.2 Å². The van der Waals surface area contributed by atoms with Crippen molar-refractivity contribution in [2.45, 2.75) is 6.54 Å². The first-order valence-corrected chi connectivity index (χ1v) is 7.98. The molecule has 0 unspecified atom stereocenters. The lowest BCUT2D eigenvalue weighted by Gasteiger charge is -2.07. The molecular weight excluding hydrogens is 388 g/mol. The number of carbonyl (C=O) groups excluding carboxylic acids is 1. The maximum Gasteiger partial charge on any atom is 0.262 e. The molecule has 0 saturated carbocycles. The molecule has 0 bridgehead atoms. The van der Waals surface area contributed by atoms with Gasteiger partial charge in [-0.3, -0.25) is 4.79 Å². The highest BCUT2D eigenvalue weighted by molar-refractivity contribution is 9.10. The van der Waals surface area contributed by atoms with Gasteiger partial charge in [-0.25, -0.2) is 0 Å². The monoisotopic (exact) mass is 402 g/mol. The van der Waals surface area contributed by atoms with Crippen LogP contribution in [0.15, 0.2) is 46.4 Å². The SMILES string of the molecule is COc1ccc(CNC(=O)/C(C#N)=C\c2cc(Br)c(O)cc2O)cc1. The molecule has 6 nitrogen and oxygen atoms in total. The summed E-state index contributed by atoms with van der Waals surface area (Å²) in [6.07, 6.45) is 1.25. The Labute approximate surface area is 153 Å². The summed E-state index contributed by atoms with van der Waals surface area (Å²) in [7, 11) is 1.57. The smallest absolute Gasteiger partial charge is 0.262 e. The Balaban J connectivity index is 2.12. The lowest BCUT2D eigenvalue weighted by molar-refractivity contribution is -0.117. The number of phenolic OH excluding ortho intramolecular Hbond substituents is 2. The van der Waals surface area contributed by atoms with Crippen LogP contribution in [-0.4, -0.2) is 23.2 Å². The molecule has 1 amide bonds. The van der Waals surface area contributed by atoms with Gasteiger partial charge in [0.2, 0.25) is 0 Å². The second kappa shape index (κ2) is 8.22. The standard InChI is InChI=1S/C18H15BrN2O4/c1-25-14-4-2-11(3-5-14)10-21-18(24)13(9-20)6-12-7-15(19)17(23)8-16(12)22/h2-8,22-23H,10H2,1H3,(H,21,24)/b13-6-. The van der Waals surface area contributed by atoms with Gasteiger partial charge in [0.1, 0.15) is 28.9 Å². The zero-order chi connectivity index (χ0) is 18.4. The third-order valence-electron chi connectivity index (χ3n) is 3.37. The molecule has 3 N–H and O–H groups in total. The van der Waals surface area contributed by atoms with E-state index < -0.39 is 5.91 Å². The summed E-state index contributed by atoms with van der Waals surface area (Å²) in [5, 5.41) is 31.2. The number of aromatic hydroxyl groups is 2. The highest BCUT2D eigenvalue weighted by atomic mass is 79.9. The molecule has 0 heterocycles. The van der Waals surface area contributed by atoms with Gasteiger partial charge in [-0.1, -0.05) is 12.1 Å². The molecule has 2 aromatic rings. The van der Waals surface area contributed by atoms with Crippen LogP contribution < -0.4 is 10.1 Å². The molecule has 128 valence electrons. The van der Waals surface area contributed by atoms with Gasteiger partial charge in [-0.15, -0.1) is 0 Å². The van der Waals surface area contributed by atoms with Crippen molar-refractivity contribution in [2.24, 2.45) is 0 Å². The van der Waals surface area contributed by atoms with Crippen LogP contribution in [0.1, 0.15) is 11.1 Å². The lowest BCUT2D eigenvalue weighted by Crippen LogP contribution is -2.23. The molecule has 0 atom stereocenters. The summed E-state index contributed by atoms with van der Waals surface area (Å²) in [6, 6.07) is 11.5. The molecular formula is C18H15BrN2O4. The van der Waals surface area contributed by atoms with E-state index in [4.69, 9.17) is 4.74 Å². The Morgan fingerprint density at radius 2 is 1.96 bits per heavy atom. The molecule has 0 aliphatic carbocycles. The van der Waals surface area contributed by atoms with E-state index in [0.717, 1.165) is 11.6 Å². The molecule has 0 spiro atoms. The predicted octanol–water partition coefficient (Wildman–Crippen LogP) is 3.09. The minimum Gasteiger partial charge on any atom is -0.507 e. The first-order chi connectivity index (χ1) is 11.9. The first-order valence-electron chi connectivity index (χ1n) is 7.19. The Morgan fingerprint density at radius 1 is 1.28 bits per heavy atom. The highest BCUT2D eigenvalue weighted by Gasteiger charge is 2.12. The maximum atomic E-state index is 12.2. The Kier molecular flexibility index (Phi) is 6.03. The minimum absolute atomic E-state index is 0.142. The van der Waals surface area contributed by atoms with Crippen LogP contribution >= 0.6 is 15.9 Å². The normalized spacial score (nSPS) is 10.8. The van der Waals surface area contributed by atoms with Gasteiger partial charge in [-0.2, -0.15) is 5.26 Å². The van der Waals surface area contributed by atoms with E-state index in [1.54, 1.807) is 37.4 Å². The summed E-state index contributed by atoms with van der Waals surface area (Å²) in [4.78, 5) is 12.2. The molecule has 0 aliphatic rings. The van der Waals surface area contributed by atoms with Crippen molar-refractivity contribution in [3.63, 3.8) is 0 Å². The van der Waals surface area contributed by atoms with Crippen molar-refractivity contribution >= 4 is 27.9 Å². The molecule has 0 saturated heterocycles. The number of phenols is 2. The number of ether oxygens (including phenoxy) is 1. The molecule has 0 aromatic heterocycles. The van der Waals surface area contributed by atoms with Crippen molar-refractivity contribution in [1.82, 2.24) is 5.32 Å². The Bertz CT molecular complexity index is 855. The first kappa shape index (κ1) is 18.4. The number of carbonyl (C=O) groups is 1. The third-order valence-corrected chi connectivity index (χ3v) is 4.01. The van der Waals surface area contributed by atoms with Crippen LogP contribution in [0.2, 0.25) is 0 Å². The van der Waals surface area contributed by atoms with Crippen LogP contribution in [0.25, 0.3) is 6.08 Å². The van der Waals surface area contributed by atoms with Crippen LogP contribution in [0.5, 0.6) is 17.2 Å². The zero-order valence-corrected chi connectivity index (χ0v) is 14.9.